The Hall–Kier alpha value is -2.02. The molecule has 2 aromatic carbocycles. The van der Waals surface area contributed by atoms with E-state index >= 15 is 0 Å². The van der Waals surface area contributed by atoms with Gasteiger partial charge in [0, 0.05) is 0 Å². The standard InChI is InChI=1S/C19H22O/c1-3-4-6-9-16(2)17-12-14-19(15-13-17)20-18-10-7-5-8-11-18/h4-8,10-16H,3,9H2,1-2H3/b6-4-. The fraction of sp³-hybridized carbons (Fsp3) is 0.263. The number of benzene rings is 2. The van der Waals surface area contributed by atoms with E-state index in [1.165, 1.54) is 5.56 Å². The largest absolute Gasteiger partial charge is 0.457 e. The summed E-state index contributed by atoms with van der Waals surface area (Å²) in [6.45, 7) is 4.42. The Morgan fingerprint density at radius 1 is 0.900 bits per heavy atom. The van der Waals surface area contributed by atoms with Crippen LogP contribution in [0.3, 0.4) is 0 Å². The Labute approximate surface area is 121 Å². The van der Waals surface area contributed by atoms with Gasteiger partial charge in [-0.25, -0.2) is 0 Å². The topological polar surface area (TPSA) is 9.23 Å². The van der Waals surface area contributed by atoms with Crippen molar-refractivity contribution in [3.8, 4) is 11.5 Å². The number of rotatable bonds is 6. The van der Waals surface area contributed by atoms with E-state index in [0.29, 0.717) is 5.92 Å². The first-order valence-electron chi connectivity index (χ1n) is 7.27. The molecule has 0 saturated heterocycles. The average molecular weight is 266 g/mol. The molecule has 0 fully saturated rings. The van der Waals surface area contributed by atoms with Crippen LogP contribution < -0.4 is 4.74 Å². The predicted octanol–water partition coefficient (Wildman–Crippen LogP) is 5.94. The van der Waals surface area contributed by atoms with Gasteiger partial charge in [0.2, 0.25) is 0 Å². The van der Waals surface area contributed by atoms with Crippen LogP contribution in [0.4, 0.5) is 0 Å². The van der Waals surface area contributed by atoms with E-state index < -0.39 is 0 Å². The third-order valence-corrected chi connectivity index (χ3v) is 3.32. The zero-order valence-electron chi connectivity index (χ0n) is 12.3. The highest BCUT2D eigenvalue weighted by atomic mass is 16.5. The molecule has 0 bridgehead atoms. The van der Waals surface area contributed by atoms with Crippen LogP contribution in [-0.4, -0.2) is 0 Å². The third kappa shape index (κ3) is 4.27. The van der Waals surface area contributed by atoms with Gasteiger partial charge in [-0.2, -0.15) is 0 Å². The van der Waals surface area contributed by atoms with Gasteiger partial charge in [0.1, 0.15) is 11.5 Å². The van der Waals surface area contributed by atoms with Gasteiger partial charge in [-0.15, -0.1) is 0 Å². The molecule has 0 aliphatic heterocycles. The van der Waals surface area contributed by atoms with Crippen molar-refractivity contribution in [3.63, 3.8) is 0 Å². The van der Waals surface area contributed by atoms with Crippen LogP contribution in [0, 0.1) is 0 Å². The fourth-order valence-corrected chi connectivity index (χ4v) is 2.09. The molecule has 1 heteroatoms. The number of ether oxygens (including phenoxy) is 1. The lowest BCUT2D eigenvalue weighted by atomic mass is 9.97. The molecule has 0 N–H and O–H groups in total. The highest BCUT2D eigenvalue weighted by Crippen LogP contribution is 2.25. The van der Waals surface area contributed by atoms with E-state index in [1.807, 2.05) is 42.5 Å². The van der Waals surface area contributed by atoms with Gasteiger partial charge >= 0.3 is 0 Å². The minimum atomic E-state index is 0.545. The molecule has 0 spiro atoms. The van der Waals surface area contributed by atoms with E-state index in [9.17, 15) is 0 Å². The molecule has 1 nitrogen and oxygen atoms in total. The van der Waals surface area contributed by atoms with Crippen molar-refractivity contribution in [2.24, 2.45) is 0 Å². The van der Waals surface area contributed by atoms with Gasteiger partial charge in [0.15, 0.2) is 0 Å². The Balaban J connectivity index is 1.97. The van der Waals surface area contributed by atoms with Crippen molar-refractivity contribution < 1.29 is 4.74 Å². The zero-order chi connectivity index (χ0) is 14.2. The molecule has 104 valence electrons. The fourth-order valence-electron chi connectivity index (χ4n) is 2.09. The van der Waals surface area contributed by atoms with Crippen LogP contribution >= 0.6 is 0 Å². The monoisotopic (exact) mass is 266 g/mol. The van der Waals surface area contributed by atoms with E-state index in [0.717, 1.165) is 24.3 Å². The highest BCUT2D eigenvalue weighted by molar-refractivity contribution is 5.34. The van der Waals surface area contributed by atoms with Gasteiger partial charge in [0.05, 0.1) is 0 Å². The Bertz CT molecular complexity index is 525. The van der Waals surface area contributed by atoms with Crippen LogP contribution in [0.1, 0.15) is 38.2 Å². The predicted molar refractivity (Wildman–Crippen MR) is 85.4 cm³/mol. The zero-order valence-corrected chi connectivity index (χ0v) is 12.3. The van der Waals surface area contributed by atoms with Crippen LogP contribution in [0.15, 0.2) is 66.7 Å². The van der Waals surface area contributed by atoms with Crippen molar-refractivity contribution in [2.75, 3.05) is 0 Å². The molecular weight excluding hydrogens is 244 g/mol. The maximum Gasteiger partial charge on any atom is 0.127 e. The normalized spacial score (nSPS) is 12.5. The van der Waals surface area contributed by atoms with Crippen molar-refractivity contribution in [1.82, 2.24) is 0 Å². The second-order valence-electron chi connectivity index (χ2n) is 5.00. The molecule has 1 atom stereocenters. The van der Waals surface area contributed by atoms with Crippen molar-refractivity contribution in [2.45, 2.75) is 32.6 Å². The number of hydrogen-bond acceptors (Lipinski definition) is 1. The smallest absolute Gasteiger partial charge is 0.127 e. The van der Waals surface area contributed by atoms with E-state index in [2.05, 4.69) is 38.1 Å². The maximum atomic E-state index is 5.80. The summed E-state index contributed by atoms with van der Waals surface area (Å²) in [5.74, 6) is 2.30. The summed E-state index contributed by atoms with van der Waals surface area (Å²) in [5, 5.41) is 0. The van der Waals surface area contributed by atoms with Gasteiger partial charge in [-0.05, 0) is 48.6 Å². The van der Waals surface area contributed by atoms with Gasteiger partial charge < -0.3 is 4.74 Å². The molecule has 0 heterocycles. The minimum absolute atomic E-state index is 0.545. The minimum Gasteiger partial charge on any atom is -0.457 e. The summed E-state index contributed by atoms with van der Waals surface area (Å²) in [4.78, 5) is 0. The van der Waals surface area contributed by atoms with Crippen LogP contribution in [0.25, 0.3) is 0 Å². The van der Waals surface area contributed by atoms with Crippen molar-refractivity contribution in [3.05, 3.63) is 72.3 Å². The van der Waals surface area contributed by atoms with Crippen molar-refractivity contribution in [1.29, 1.82) is 0 Å². The van der Waals surface area contributed by atoms with E-state index in [-0.39, 0.29) is 0 Å². The summed E-state index contributed by atoms with van der Waals surface area (Å²) >= 11 is 0. The molecule has 0 amide bonds. The second-order valence-corrected chi connectivity index (χ2v) is 5.00. The summed E-state index contributed by atoms with van der Waals surface area (Å²) < 4.78 is 5.80. The van der Waals surface area contributed by atoms with Crippen LogP contribution in [0.5, 0.6) is 11.5 Å². The van der Waals surface area contributed by atoms with Gasteiger partial charge in [0.25, 0.3) is 0 Å². The molecule has 0 radical (unpaired) electrons. The van der Waals surface area contributed by atoms with Crippen molar-refractivity contribution >= 4 is 0 Å². The Morgan fingerprint density at radius 3 is 2.20 bits per heavy atom. The molecule has 2 aromatic rings. The quantitative estimate of drug-likeness (QED) is 0.588. The third-order valence-electron chi connectivity index (χ3n) is 3.32. The first-order chi connectivity index (χ1) is 9.79. The summed E-state index contributed by atoms with van der Waals surface area (Å²) in [7, 11) is 0. The number of hydrogen-bond donors (Lipinski definition) is 0. The van der Waals surface area contributed by atoms with Gasteiger partial charge in [-0.1, -0.05) is 56.3 Å². The van der Waals surface area contributed by atoms with E-state index in [1.54, 1.807) is 0 Å². The van der Waals surface area contributed by atoms with Crippen LogP contribution in [-0.2, 0) is 0 Å². The molecule has 0 aliphatic carbocycles. The molecule has 20 heavy (non-hydrogen) atoms. The highest BCUT2D eigenvalue weighted by Gasteiger charge is 2.04. The maximum absolute atomic E-state index is 5.80. The van der Waals surface area contributed by atoms with Gasteiger partial charge in [-0.3, -0.25) is 0 Å². The Kier molecular flexibility index (Phi) is 5.43. The first kappa shape index (κ1) is 14.4. The van der Waals surface area contributed by atoms with E-state index in [4.69, 9.17) is 4.74 Å². The molecule has 2 rings (SSSR count). The lowest BCUT2D eigenvalue weighted by Gasteiger charge is -2.11. The summed E-state index contributed by atoms with van der Waals surface area (Å²) in [5.41, 5.74) is 1.35. The molecular formula is C19H22O. The second kappa shape index (κ2) is 7.54. The summed E-state index contributed by atoms with van der Waals surface area (Å²) in [6.07, 6.45) is 6.69. The van der Waals surface area contributed by atoms with Crippen LogP contribution in [0.2, 0.25) is 0 Å². The molecule has 0 saturated carbocycles. The summed E-state index contributed by atoms with van der Waals surface area (Å²) in [6, 6.07) is 18.3. The molecule has 0 aromatic heterocycles. The first-order valence-corrected chi connectivity index (χ1v) is 7.27. The average Bonchev–Trinajstić information content (AvgIpc) is 2.49. The number of para-hydroxylation sites is 1. The Morgan fingerprint density at radius 2 is 1.55 bits per heavy atom. The number of allylic oxidation sites excluding steroid dienone is 2. The lowest BCUT2D eigenvalue weighted by molar-refractivity contribution is 0.482. The SMILES string of the molecule is CC/C=C\CC(C)c1ccc(Oc2ccccc2)cc1. The lowest BCUT2D eigenvalue weighted by Crippen LogP contribution is -1.92. The molecule has 1 unspecified atom stereocenters. The molecule has 0 aliphatic rings.